The second-order valence-electron chi connectivity index (χ2n) is 7.63. The molecule has 1 aliphatic rings. The topological polar surface area (TPSA) is 87.5 Å². The van der Waals surface area contributed by atoms with E-state index in [0.29, 0.717) is 22.5 Å². The summed E-state index contributed by atoms with van der Waals surface area (Å²) in [6.07, 6.45) is 2.06. The normalized spacial score (nSPS) is 13.4. The van der Waals surface area contributed by atoms with Crippen LogP contribution in [0.2, 0.25) is 0 Å². The lowest BCUT2D eigenvalue weighted by molar-refractivity contribution is 0.0949. The Morgan fingerprint density at radius 2 is 1.90 bits per heavy atom. The minimum absolute atomic E-state index is 0.109. The molecule has 0 radical (unpaired) electrons. The third-order valence-corrected chi connectivity index (χ3v) is 5.71. The van der Waals surface area contributed by atoms with Crippen molar-refractivity contribution in [3.63, 3.8) is 0 Å². The molecule has 2 aromatic carbocycles. The maximum atomic E-state index is 12.9. The zero-order chi connectivity index (χ0) is 21.0. The van der Waals surface area contributed by atoms with E-state index in [2.05, 4.69) is 15.5 Å². The Labute approximate surface area is 176 Å². The van der Waals surface area contributed by atoms with E-state index in [1.807, 2.05) is 39.2 Å². The number of nitrogens with one attached hydrogen (secondary N) is 2. The Balaban J connectivity index is 1.73. The summed E-state index contributed by atoms with van der Waals surface area (Å²) in [7, 11) is 4.06. The molecule has 0 aliphatic heterocycles. The first-order valence-corrected chi connectivity index (χ1v) is 10.7. The minimum Gasteiger partial charge on any atom is -0.398 e. The lowest BCUT2D eigenvalue weighted by Crippen LogP contribution is -2.25. The van der Waals surface area contributed by atoms with E-state index < -0.39 is 0 Å². The van der Waals surface area contributed by atoms with Gasteiger partial charge in [-0.3, -0.25) is 9.59 Å². The number of rotatable bonds is 8. The molecular weight excluding hydrogens is 384 g/mol. The van der Waals surface area contributed by atoms with Gasteiger partial charge < -0.3 is 21.3 Å². The summed E-state index contributed by atoms with van der Waals surface area (Å²) in [5, 5.41) is 5.88. The molecule has 0 heterocycles. The molecule has 4 N–H and O–H groups in total. The van der Waals surface area contributed by atoms with Crippen molar-refractivity contribution >= 4 is 35.0 Å². The molecule has 0 unspecified atom stereocenters. The SMILES string of the molecule is Cc1ccc(C(=O)NC2CC2)cc1NC(=O)c1cc(SCCN(C)C)ccc1N. The van der Waals surface area contributed by atoms with Crippen LogP contribution in [0.5, 0.6) is 0 Å². The second-order valence-corrected chi connectivity index (χ2v) is 8.80. The molecule has 1 aliphatic carbocycles. The van der Waals surface area contributed by atoms with Crippen molar-refractivity contribution in [1.29, 1.82) is 0 Å². The van der Waals surface area contributed by atoms with E-state index in [9.17, 15) is 9.59 Å². The van der Waals surface area contributed by atoms with Gasteiger partial charge in [0.2, 0.25) is 0 Å². The molecule has 29 heavy (non-hydrogen) atoms. The summed E-state index contributed by atoms with van der Waals surface area (Å²) in [5.41, 5.74) is 8.96. The van der Waals surface area contributed by atoms with Crippen molar-refractivity contribution in [2.24, 2.45) is 0 Å². The van der Waals surface area contributed by atoms with Gasteiger partial charge in [0.1, 0.15) is 0 Å². The smallest absolute Gasteiger partial charge is 0.257 e. The first-order valence-electron chi connectivity index (χ1n) is 9.73. The van der Waals surface area contributed by atoms with E-state index in [4.69, 9.17) is 5.73 Å². The monoisotopic (exact) mass is 412 g/mol. The van der Waals surface area contributed by atoms with Crippen molar-refractivity contribution in [2.45, 2.75) is 30.7 Å². The van der Waals surface area contributed by atoms with Gasteiger partial charge >= 0.3 is 0 Å². The predicted octanol–water partition coefficient (Wildman–Crippen LogP) is 3.38. The van der Waals surface area contributed by atoms with Crippen LogP contribution in [0.1, 0.15) is 39.1 Å². The van der Waals surface area contributed by atoms with Crippen LogP contribution in [-0.2, 0) is 0 Å². The van der Waals surface area contributed by atoms with Gasteiger partial charge in [0.25, 0.3) is 11.8 Å². The maximum absolute atomic E-state index is 12.9. The number of carbonyl (C=O) groups excluding carboxylic acids is 2. The third kappa shape index (κ3) is 5.98. The van der Waals surface area contributed by atoms with Gasteiger partial charge in [0, 0.05) is 40.2 Å². The highest BCUT2D eigenvalue weighted by Gasteiger charge is 2.24. The van der Waals surface area contributed by atoms with Crippen LogP contribution < -0.4 is 16.4 Å². The zero-order valence-electron chi connectivity index (χ0n) is 17.1. The van der Waals surface area contributed by atoms with Crippen LogP contribution in [0.3, 0.4) is 0 Å². The van der Waals surface area contributed by atoms with Gasteiger partial charge in [-0.25, -0.2) is 0 Å². The van der Waals surface area contributed by atoms with Crippen LogP contribution in [0, 0.1) is 6.92 Å². The molecule has 0 saturated heterocycles. The Morgan fingerprint density at radius 1 is 1.14 bits per heavy atom. The summed E-state index contributed by atoms with van der Waals surface area (Å²) in [4.78, 5) is 28.3. The van der Waals surface area contributed by atoms with Crippen molar-refractivity contribution in [1.82, 2.24) is 10.2 Å². The Kier molecular flexibility index (Phi) is 6.82. The van der Waals surface area contributed by atoms with Crippen LogP contribution in [0.25, 0.3) is 0 Å². The van der Waals surface area contributed by atoms with E-state index in [0.717, 1.165) is 35.6 Å². The lowest BCUT2D eigenvalue weighted by Gasteiger charge is -2.13. The van der Waals surface area contributed by atoms with Crippen molar-refractivity contribution < 1.29 is 9.59 Å². The average molecular weight is 413 g/mol. The number of carbonyl (C=O) groups is 2. The molecule has 0 atom stereocenters. The molecule has 154 valence electrons. The van der Waals surface area contributed by atoms with Crippen LogP contribution in [0.15, 0.2) is 41.3 Å². The quantitative estimate of drug-likeness (QED) is 0.457. The summed E-state index contributed by atoms with van der Waals surface area (Å²) in [6.45, 7) is 2.85. The first kappa shape index (κ1) is 21.2. The van der Waals surface area contributed by atoms with Gasteiger partial charge in [-0.2, -0.15) is 0 Å². The van der Waals surface area contributed by atoms with Gasteiger partial charge in [0.15, 0.2) is 0 Å². The number of nitrogens with two attached hydrogens (primary N) is 1. The molecule has 1 saturated carbocycles. The average Bonchev–Trinajstić information content (AvgIpc) is 3.48. The highest BCUT2D eigenvalue weighted by atomic mass is 32.2. The number of nitrogen functional groups attached to an aromatic ring is 1. The number of aryl methyl sites for hydroxylation is 1. The molecule has 2 amide bonds. The van der Waals surface area contributed by atoms with Crippen LogP contribution in [0.4, 0.5) is 11.4 Å². The third-order valence-electron chi connectivity index (χ3n) is 4.74. The first-order chi connectivity index (χ1) is 13.8. The predicted molar refractivity (Wildman–Crippen MR) is 120 cm³/mol. The van der Waals surface area contributed by atoms with Crippen LogP contribution >= 0.6 is 11.8 Å². The molecule has 1 fully saturated rings. The largest absolute Gasteiger partial charge is 0.398 e. The Hall–Kier alpha value is -2.51. The fourth-order valence-corrected chi connectivity index (χ4v) is 3.81. The summed E-state index contributed by atoms with van der Waals surface area (Å²) in [6, 6.07) is 11.1. The van der Waals surface area contributed by atoms with Crippen molar-refractivity contribution in [2.75, 3.05) is 37.4 Å². The van der Waals surface area contributed by atoms with E-state index in [-0.39, 0.29) is 17.9 Å². The molecule has 7 heteroatoms. The second kappa shape index (κ2) is 9.33. The fourth-order valence-electron chi connectivity index (χ4n) is 2.75. The summed E-state index contributed by atoms with van der Waals surface area (Å²) in [5.74, 6) is 0.539. The number of anilines is 2. The van der Waals surface area contributed by atoms with Gasteiger partial charge in [0.05, 0.1) is 5.56 Å². The standard InChI is InChI=1S/C22H28N4O2S/c1-14-4-5-15(21(27)24-16-6-7-16)12-20(14)25-22(28)18-13-17(8-9-19(18)23)29-11-10-26(2)3/h4-5,8-9,12-13,16H,6-7,10-11,23H2,1-3H3,(H,24,27)(H,25,28). The van der Waals surface area contributed by atoms with Gasteiger partial charge in [-0.05, 0) is 69.8 Å². The number of hydrogen-bond acceptors (Lipinski definition) is 5. The van der Waals surface area contributed by atoms with Gasteiger partial charge in [-0.15, -0.1) is 11.8 Å². The minimum atomic E-state index is -0.277. The maximum Gasteiger partial charge on any atom is 0.257 e. The number of hydrogen-bond donors (Lipinski definition) is 3. The number of thioether (sulfide) groups is 1. The Morgan fingerprint density at radius 3 is 2.59 bits per heavy atom. The molecule has 0 spiro atoms. The number of nitrogens with zero attached hydrogens (tertiary/aromatic N) is 1. The molecule has 6 nitrogen and oxygen atoms in total. The van der Waals surface area contributed by atoms with Crippen molar-refractivity contribution in [3.8, 4) is 0 Å². The van der Waals surface area contributed by atoms with E-state index in [1.54, 1.807) is 30.0 Å². The van der Waals surface area contributed by atoms with Crippen LogP contribution in [-0.4, -0.2) is 49.1 Å². The molecule has 0 bridgehead atoms. The van der Waals surface area contributed by atoms with E-state index in [1.165, 1.54) is 0 Å². The number of benzene rings is 2. The van der Waals surface area contributed by atoms with E-state index >= 15 is 0 Å². The lowest BCUT2D eigenvalue weighted by atomic mass is 10.1. The fraction of sp³-hybridized carbons (Fsp3) is 0.364. The van der Waals surface area contributed by atoms with Crippen molar-refractivity contribution in [3.05, 3.63) is 53.1 Å². The Bertz CT molecular complexity index is 910. The zero-order valence-corrected chi connectivity index (χ0v) is 17.9. The van der Waals surface area contributed by atoms with Gasteiger partial charge in [-0.1, -0.05) is 6.07 Å². The summed E-state index contributed by atoms with van der Waals surface area (Å²) < 4.78 is 0. The molecular formula is C22H28N4O2S. The highest BCUT2D eigenvalue weighted by Crippen LogP contribution is 2.25. The number of amides is 2. The highest BCUT2D eigenvalue weighted by molar-refractivity contribution is 7.99. The summed E-state index contributed by atoms with van der Waals surface area (Å²) >= 11 is 1.69. The molecule has 0 aromatic heterocycles. The molecule has 3 rings (SSSR count). The molecule has 2 aromatic rings.